The third kappa shape index (κ3) is 5.45. The van der Waals surface area contributed by atoms with Crippen LogP contribution in [0.4, 0.5) is 23.0 Å². The summed E-state index contributed by atoms with van der Waals surface area (Å²) in [6.45, 7) is 9.08. The summed E-state index contributed by atoms with van der Waals surface area (Å²) >= 11 is 6.48. The molecule has 1 aromatic heterocycles. The van der Waals surface area contributed by atoms with Crippen molar-refractivity contribution in [2.24, 2.45) is 0 Å². The van der Waals surface area contributed by atoms with Crippen molar-refractivity contribution in [2.75, 3.05) is 61.8 Å². The van der Waals surface area contributed by atoms with Crippen LogP contribution in [0.3, 0.4) is 0 Å². The monoisotopic (exact) mass is 503 g/mol. The Balaban J connectivity index is 1.25. The van der Waals surface area contributed by atoms with Crippen LogP contribution >= 0.6 is 11.6 Å². The van der Waals surface area contributed by atoms with E-state index in [4.69, 9.17) is 16.6 Å². The Morgan fingerprint density at radius 1 is 1.08 bits per heavy atom. The van der Waals surface area contributed by atoms with Crippen LogP contribution in [0.1, 0.15) is 0 Å². The predicted molar refractivity (Wildman–Crippen MR) is 146 cm³/mol. The van der Waals surface area contributed by atoms with E-state index < -0.39 is 0 Å². The largest absolute Gasteiger partial charge is 0.379 e. The van der Waals surface area contributed by atoms with Crippen molar-refractivity contribution in [1.29, 1.82) is 0 Å². The number of likely N-dealkylation sites (tertiary alicyclic amines) is 1. The van der Waals surface area contributed by atoms with E-state index in [0.717, 1.165) is 43.1 Å². The van der Waals surface area contributed by atoms with Crippen molar-refractivity contribution in [3.8, 4) is 11.3 Å². The molecule has 0 spiro atoms. The molecule has 5 rings (SSSR count). The number of likely N-dealkylation sites (N-methyl/N-ethyl adjacent to an activating group) is 1. The van der Waals surface area contributed by atoms with E-state index in [0.29, 0.717) is 29.8 Å². The normalized spacial score (nSPS) is 16.4. The summed E-state index contributed by atoms with van der Waals surface area (Å²) in [6, 6.07) is 16.5. The van der Waals surface area contributed by atoms with Gasteiger partial charge in [-0.25, -0.2) is 9.97 Å². The Kier molecular flexibility index (Phi) is 7.06. The molecule has 0 atom stereocenters. The third-order valence-electron chi connectivity index (χ3n) is 6.61. The molecule has 2 fully saturated rings. The van der Waals surface area contributed by atoms with Gasteiger partial charge in [-0.1, -0.05) is 30.3 Å². The van der Waals surface area contributed by atoms with E-state index in [1.807, 2.05) is 24.3 Å². The fraction of sp³-hybridized carbons (Fsp3) is 0.296. The lowest BCUT2D eigenvalue weighted by molar-refractivity contribution is -0.129. The van der Waals surface area contributed by atoms with Gasteiger partial charge in [0.25, 0.3) is 0 Å². The van der Waals surface area contributed by atoms with Crippen molar-refractivity contribution in [2.45, 2.75) is 6.04 Å². The number of carbonyl (C=O) groups excluding carboxylic acids is 1. The van der Waals surface area contributed by atoms with Gasteiger partial charge in [0.1, 0.15) is 0 Å². The maximum Gasteiger partial charge on any atom is 0.246 e. The van der Waals surface area contributed by atoms with Crippen LogP contribution in [-0.4, -0.2) is 78.0 Å². The van der Waals surface area contributed by atoms with Crippen molar-refractivity contribution < 1.29 is 4.79 Å². The average molecular weight is 504 g/mol. The van der Waals surface area contributed by atoms with Crippen LogP contribution in [0.5, 0.6) is 0 Å². The molecule has 0 bridgehead atoms. The number of benzene rings is 2. The molecular weight excluding hydrogens is 474 g/mol. The Morgan fingerprint density at radius 2 is 1.83 bits per heavy atom. The van der Waals surface area contributed by atoms with Crippen LogP contribution < -0.4 is 15.5 Å². The van der Waals surface area contributed by atoms with Gasteiger partial charge in [-0.3, -0.25) is 4.79 Å². The van der Waals surface area contributed by atoms with Gasteiger partial charge in [0.05, 0.1) is 23.0 Å². The standard InChI is InChI=1S/C27H30ClN7O/c1-3-25(36)35-17-22(18-35)30-21-6-4-5-19(15-21)26-24(28)16-29-27(32-26)31-20-7-9-23(10-8-20)34-13-11-33(2)12-14-34/h3-10,15-16,22,30H,1,11-14,17-18H2,2H3,(H,29,31,32). The van der Waals surface area contributed by atoms with E-state index >= 15 is 0 Å². The molecule has 8 nitrogen and oxygen atoms in total. The zero-order valence-corrected chi connectivity index (χ0v) is 21.1. The minimum atomic E-state index is -0.0384. The first-order chi connectivity index (χ1) is 17.5. The maximum atomic E-state index is 11.7. The van der Waals surface area contributed by atoms with Crippen LogP contribution in [0, 0.1) is 0 Å². The van der Waals surface area contributed by atoms with E-state index in [-0.39, 0.29) is 11.9 Å². The Bertz CT molecular complexity index is 1240. The molecule has 2 aliphatic rings. The molecule has 2 aromatic carbocycles. The van der Waals surface area contributed by atoms with E-state index in [2.05, 4.69) is 63.3 Å². The first-order valence-electron chi connectivity index (χ1n) is 12.1. The average Bonchev–Trinajstić information content (AvgIpc) is 2.88. The number of hydrogen-bond acceptors (Lipinski definition) is 7. The molecule has 2 saturated heterocycles. The predicted octanol–water partition coefficient (Wildman–Crippen LogP) is 4.10. The minimum absolute atomic E-state index is 0.0384. The first-order valence-corrected chi connectivity index (χ1v) is 12.5. The van der Waals surface area contributed by atoms with Crippen LogP contribution in [0.25, 0.3) is 11.3 Å². The number of halogens is 1. The number of carbonyl (C=O) groups is 1. The van der Waals surface area contributed by atoms with Gasteiger partial charge in [0.2, 0.25) is 11.9 Å². The zero-order chi connectivity index (χ0) is 25.1. The Morgan fingerprint density at radius 3 is 2.56 bits per heavy atom. The number of aromatic nitrogens is 2. The SMILES string of the molecule is C=CC(=O)N1CC(Nc2cccc(-c3nc(Nc4ccc(N5CCN(C)CC5)cc4)ncc3Cl)c2)C1. The van der Waals surface area contributed by atoms with Gasteiger partial charge in [-0.05, 0) is 49.5 Å². The van der Waals surface area contributed by atoms with Crippen molar-refractivity contribution in [3.05, 3.63) is 72.4 Å². The second-order valence-corrected chi connectivity index (χ2v) is 9.63. The summed E-state index contributed by atoms with van der Waals surface area (Å²) < 4.78 is 0. The summed E-state index contributed by atoms with van der Waals surface area (Å²) in [5.74, 6) is 0.446. The summed E-state index contributed by atoms with van der Waals surface area (Å²) in [5.41, 5.74) is 4.63. The number of anilines is 4. The van der Waals surface area contributed by atoms with Crippen molar-refractivity contribution in [3.63, 3.8) is 0 Å². The van der Waals surface area contributed by atoms with Crippen LogP contribution in [0.15, 0.2) is 67.4 Å². The second kappa shape index (κ2) is 10.6. The summed E-state index contributed by atoms with van der Waals surface area (Å²) in [7, 11) is 2.16. The highest BCUT2D eigenvalue weighted by molar-refractivity contribution is 6.32. The number of nitrogens with zero attached hydrogens (tertiary/aromatic N) is 5. The van der Waals surface area contributed by atoms with Gasteiger partial charge < -0.3 is 25.3 Å². The molecule has 0 unspecified atom stereocenters. The Labute approximate surface area is 216 Å². The van der Waals surface area contributed by atoms with E-state index in [1.165, 1.54) is 11.8 Å². The second-order valence-electron chi connectivity index (χ2n) is 9.22. The quantitative estimate of drug-likeness (QED) is 0.470. The lowest BCUT2D eigenvalue weighted by Gasteiger charge is -2.39. The number of nitrogens with one attached hydrogen (secondary N) is 2. The smallest absolute Gasteiger partial charge is 0.246 e. The van der Waals surface area contributed by atoms with E-state index in [1.54, 1.807) is 11.1 Å². The molecule has 2 aliphatic heterocycles. The number of rotatable bonds is 7. The third-order valence-corrected chi connectivity index (χ3v) is 6.89. The highest BCUT2D eigenvalue weighted by Gasteiger charge is 2.29. The molecule has 1 amide bonds. The number of piperazine rings is 1. The lowest BCUT2D eigenvalue weighted by atomic mass is 10.1. The van der Waals surface area contributed by atoms with Gasteiger partial charge in [0.15, 0.2) is 0 Å². The van der Waals surface area contributed by atoms with Crippen LogP contribution in [-0.2, 0) is 4.79 Å². The molecule has 0 saturated carbocycles. The van der Waals surface area contributed by atoms with Gasteiger partial charge in [0, 0.05) is 61.9 Å². The fourth-order valence-electron chi connectivity index (χ4n) is 4.45. The van der Waals surface area contributed by atoms with Crippen LogP contribution in [0.2, 0.25) is 5.02 Å². The molecule has 3 heterocycles. The highest BCUT2D eigenvalue weighted by Crippen LogP contribution is 2.30. The Hall–Kier alpha value is -3.62. The van der Waals surface area contributed by atoms with Gasteiger partial charge >= 0.3 is 0 Å². The minimum Gasteiger partial charge on any atom is -0.379 e. The maximum absolute atomic E-state index is 11.7. The number of amides is 1. The molecular formula is C27H30ClN7O. The topological polar surface area (TPSA) is 76.6 Å². The van der Waals surface area contributed by atoms with Crippen molar-refractivity contribution >= 4 is 40.5 Å². The molecule has 0 radical (unpaired) electrons. The molecule has 36 heavy (non-hydrogen) atoms. The zero-order valence-electron chi connectivity index (χ0n) is 20.3. The van der Waals surface area contributed by atoms with Crippen molar-refractivity contribution in [1.82, 2.24) is 19.8 Å². The van der Waals surface area contributed by atoms with Gasteiger partial charge in [-0.2, -0.15) is 0 Å². The molecule has 9 heteroatoms. The van der Waals surface area contributed by atoms with E-state index in [9.17, 15) is 4.79 Å². The molecule has 186 valence electrons. The summed E-state index contributed by atoms with van der Waals surface area (Å²) in [4.78, 5) is 27.3. The summed E-state index contributed by atoms with van der Waals surface area (Å²) in [5, 5.41) is 7.25. The molecule has 2 N–H and O–H groups in total. The highest BCUT2D eigenvalue weighted by atomic mass is 35.5. The molecule has 0 aliphatic carbocycles. The number of hydrogen-bond donors (Lipinski definition) is 2. The fourth-order valence-corrected chi connectivity index (χ4v) is 4.65. The van der Waals surface area contributed by atoms with Gasteiger partial charge in [-0.15, -0.1) is 0 Å². The lowest BCUT2D eigenvalue weighted by Crippen LogP contribution is -2.56. The molecule has 3 aromatic rings. The summed E-state index contributed by atoms with van der Waals surface area (Å²) in [6.07, 6.45) is 2.97. The first kappa shape index (κ1) is 24.1.